The van der Waals surface area contributed by atoms with E-state index in [1.165, 1.54) is 16.7 Å². The average molecular weight is 404 g/mol. The van der Waals surface area contributed by atoms with Gasteiger partial charge in [-0.2, -0.15) is 0 Å². The van der Waals surface area contributed by atoms with E-state index in [4.69, 9.17) is 4.74 Å². The Morgan fingerprint density at radius 1 is 1.14 bits per heavy atom. The summed E-state index contributed by atoms with van der Waals surface area (Å²) >= 11 is 0. The minimum Gasteiger partial charge on any atom is -0.379 e. The van der Waals surface area contributed by atoms with Gasteiger partial charge in [0.05, 0.1) is 13.2 Å². The van der Waals surface area contributed by atoms with Crippen LogP contribution in [0.2, 0.25) is 0 Å². The first-order chi connectivity index (χ1) is 14.0. The van der Waals surface area contributed by atoms with Crippen LogP contribution in [-0.4, -0.2) is 88.2 Å². The maximum Gasteiger partial charge on any atom is 0.243 e. The number of hydrogen-bond donors (Lipinski definition) is 2. The number of nitrogens with zero attached hydrogens (tertiary/aromatic N) is 3. The minimum atomic E-state index is -0.00540. The summed E-state index contributed by atoms with van der Waals surface area (Å²) in [5, 5.41) is 6.77. The highest BCUT2D eigenvalue weighted by Crippen LogP contribution is 2.13. The first kappa shape index (κ1) is 23.2. The first-order valence-electron chi connectivity index (χ1n) is 10.5. The van der Waals surface area contributed by atoms with Crippen LogP contribution < -0.4 is 10.6 Å². The lowest BCUT2D eigenvalue weighted by atomic mass is 10.0. The van der Waals surface area contributed by atoms with Gasteiger partial charge in [-0.15, -0.1) is 0 Å². The second kappa shape index (κ2) is 12.4. The topological polar surface area (TPSA) is 69.2 Å². The van der Waals surface area contributed by atoms with Crippen molar-refractivity contribution in [1.29, 1.82) is 0 Å². The number of hydrogen-bond acceptors (Lipinski definition) is 4. The fourth-order valence-electron chi connectivity index (χ4n) is 3.35. The van der Waals surface area contributed by atoms with Crippen molar-refractivity contribution in [2.75, 3.05) is 66.6 Å². The minimum absolute atomic E-state index is 0.00540. The number of morpholine rings is 1. The summed E-state index contributed by atoms with van der Waals surface area (Å²) < 4.78 is 5.39. The summed E-state index contributed by atoms with van der Waals surface area (Å²) in [4.78, 5) is 20.4. The van der Waals surface area contributed by atoms with Crippen LogP contribution >= 0.6 is 0 Å². The lowest BCUT2D eigenvalue weighted by Crippen LogP contribution is -2.42. The zero-order valence-corrected chi connectivity index (χ0v) is 18.5. The van der Waals surface area contributed by atoms with Gasteiger partial charge in [-0.1, -0.05) is 18.2 Å². The molecule has 0 radical (unpaired) electrons. The van der Waals surface area contributed by atoms with Crippen molar-refractivity contribution in [3.63, 3.8) is 0 Å². The zero-order chi connectivity index (χ0) is 21.1. The van der Waals surface area contributed by atoms with Gasteiger partial charge in [-0.05, 0) is 49.9 Å². The lowest BCUT2D eigenvalue weighted by Gasteiger charge is -2.26. The highest BCUT2D eigenvalue weighted by atomic mass is 16.5. The van der Waals surface area contributed by atoms with E-state index >= 15 is 0 Å². The molecule has 7 heteroatoms. The number of benzene rings is 1. The summed E-state index contributed by atoms with van der Waals surface area (Å²) in [6, 6.07) is 6.39. The van der Waals surface area contributed by atoms with Gasteiger partial charge < -0.3 is 20.3 Å². The molecule has 1 saturated heterocycles. The van der Waals surface area contributed by atoms with Crippen LogP contribution in [0, 0.1) is 13.8 Å². The monoisotopic (exact) mass is 403 g/mol. The number of likely N-dealkylation sites (N-methyl/N-ethyl adjacent to an activating group) is 1. The third-order valence-electron chi connectivity index (χ3n) is 5.23. The maximum absolute atomic E-state index is 11.9. The molecule has 1 aromatic rings. The number of carbonyl (C=O) groups excluding carboxylic acids is 1. The molecule has 1 fully saturated rings. The van der Waals surface area contributed by atoms with Crippen molar-refractivity contribution < 1.29 is 9.53 Å². The molecule has 0 atom stereocenters. The summed E-state index contributed by atoms with van der Waals surface area (Å²) in [6.45, 7) is 10.8. The van der Waals surface area contributed by atoms with E-state index in [1.54, 1.807) is 19.0 Å². The van der Waals surface area contributed by atoms with E-state index in [9.17, 15) is 4.79 Å². The number of carbonyl (C=O) groups is 1. The third-order valence-corrected chi connectivity index (χ3v) is 5.23. The summed E-state index contributed by atoms with van der Waals surface area (Å²) in [7, 11) is 3.50. The smallest absolute Gasteiger partial charge is 0.243 e. The van der Waals surface area contributed by atoms with Crippen LogP contribution in [0.1, 0.15) is 23.1 Å². The maximum atomic E-state index is 11.9. The molecule has 0 aromatic heterocycles. The second-order valence-corrected chi connectivity index (χ2v) is 7.73. The van der Waals surface area contributed by atoms with Crippen molar-refractivity contribution in [3.8, 4) is 0 Å². The Kier molecular flexibility index (Phi) is 9.94. The SMILES string of the molecule is Cc1cccc(C)c1CCNC(=NCC(=O)N(C)C)NCCCN1CCOCC1. The van der Waals surface area contributed by atoms with E-state index in [0.29, 0.717) is 5.96 Å². The molecular formula is C22H37N5O2. The average Bonchev–Trinajstić information content (AvgIpc) is 2.71. The molecule has 0 unspecified atom stereocenters. The van der Waals surface area contributed by atoms with E-state index in [1.807, 2.05) is 0 Å². The molecule has 29 heavy (non-hydrogen) atoms. The third kappa shape index (κ3) is 8.41. The largest absolute Gasteiger partial charge is 0.379 e. The Balaban J connectivity index is 1.83. The molecular weight excluding hydrogens is 366 g/mol. The molecule has 0 aliphatic carbocycles. The van der Waals surface area contributed by atoms with Gasteiger partial charge in [-0.25, -0.2) is 4.99 Å². The zero-order valence-electron chi connectivity index (χ0n) is 18.5. The number of guanidine groups is 1. The van der Waals surface area contributed by atoms with E-state index in [-0.39, 0.29) is 12.5 Å². The van der Waals surface area contributed by atoms with Crippen LogP contribution in [0.3, 0.4) is 0 Å². The number of amides is 1. The van der Waals surface area contributed by atoms with Crippen LogP contribution in [-0.2, 0) is 16.0 Å². The molecule has 1 aliphatic rings. The number of rotatable bonds is 9. The fraction of sp³-hybridized carbons (Fsp3) is 0.636. The Hall–Kier alpha value is -2.12. The predicted octanol–water partition coefficient (Wildman–Crippen LogP) is 1.19. The fourth-order valence-corrected chi connectivity index (χ4v) is 3.35. The van der Waals surface area contributed by atoms with Gasteiger partial charge in [-0.3, -0.25) is 9.69 Å². The van der Waals surface area contributed by atoms with E-state index < -0.39 is 0 Å². The number of aliphatic imine (C=N–C) groups is 1. The molecule has 2 N–H and O–H groups in total. The van der Waals surface area contributed by atoms with Crippen molar-refractivity contribution >= 4 is 11.9 Å². The van der Waals surface area contributed by atoms with Gasteiger partial charge in [0.15, 0.2) is 5.96 Å². The molecule has 0 saturated carbocycles. The van der Waals surface area contributed by atoms with Crippen LogP contribution in [0.4, 0.5) is 0 Å². The predicted molar refractivity (Wildman–Crippen MR) is 118 cm³/mol. The van der Waals surface area contributed by atoms with Gasteiger partial charge in [0.25, 0.3) is 0 Å². The highest BCUT2D eigenvalue weighted by Gasteiger charge is 2.10. The molecule has 0 spiro atoms. The number of aryl methyl sites for hydroxylation is 2. The quantitative estimate of drug-likeness (QED) is 0.368. The van der Waals surface area contributed by atoms with Gasteiger partial charge in [0, 0.05) is 40.3 Å². The Labute approximate surface area is 175 Å². The normalized spacial score (nSPS) is 15.2. The Morgan fingerprint density at radius 3 is 2.45 bits per heavy atom. The number of nitrogens with one attached hydrogen (secondary N) is 2. The second-order valence-electron chi connectivity index (χ2n) is 7.73. The van der Waals surface area contributed by atoms with E-state index in [2.05, 4.69) is 52.6 Å². The lowest BCUT2D eigenvalue weighted by molar-refractivity contribution is -0.127. The first-order valence-corrected chi connectivity index (χ1v) is 10.5. The molecule has 0 bridgehead atoms. The van der Waals surface area contributed by atoms with Crippen molar-refractivity contribution in [2.24, 2.45) is 4.99 Å². The highest BCUT2D eigenvalue weighted by molar-refractivity contribution is 5.84. The van der Waals surface area contributed by atoms with Crippen molar-refractivity contribution in [3.05, 3.63) is 34.9 Å². The number of ether oxygens (including phenoxy) is 1. The molecule has 1 heterocycles. The van der Waals surface area contributed by atoms with Crippen LogP contribution in [0.15, 0.2) is 23.2 Å². The summed E-state index contributed by atoms with van der Waals surface area (Å²) in [6.07, 6.45) is 1.95. The molecule has 1 aromatic carbocycles. The van der Waals surface area contributed by atoms with Crippen LogP contribution in [0.25, 0.3) is 0 Å². The Bertz CT molecular complexity index is 649. The van der Waals surface area contributed by atoms with Crippen LogP contribution in [0.5, 0.6) is 0 Å². The van der Waals surface area contributed by atoms with Gasteiger partial charge in [0.1, 0.15) is 6.54 Å². The standard InChI is InChI=1S/C22H37N5O2/c1-18-7-5-8-19(2)20(18)9-11-24-22(25-17-21(28)26(3)4)23-10-6-12-27-13-15-29-16-14-27/h5,7-8H,6,9-17H2,1-4H3,(H2,23,24,25). The molecule has 162 valence electrons. The summed E-state index contributed by atoms with van der Waals surface area (Å²) in [5.41, 5.74) is 3.99. The van der Waals surface area contributed by atoms with Crippen molar-refractivity contribution in [1.82, 2.24) is 20.4 Å². The molecule has 1 aliphatic heterocycles. The van der Waals surface area contributed by atoms with Gasteiger partial charge in [0.2, 0.25) is 5.91 Å². The molecule has 2 rings (SSSR count). The molecule has 7 nitrogen and oxygen atoms in total. The van der Waals surface area contributed by atoms with Crippen molar-refractivity contribution in [2.45, 2.75) is 26.7 Å². The summed E-state index contributed by atoms with van der Waals surface area (Å²) in [5.74, 6) is 0.697. The van der Waals surface area contributed by atoms with Gasteiger partial charge >= 0.3 is 0 Å². The Morgan fingerprint density at radius 2 is 1.79 bits per heavy atom. The van der Waals surface area contributed by atoms with E-state index in [0.717, 1.165) is 58.8 Å². The molecule has 1 amide bonds.